The van der Waals surface area contributed by atoms with Gasteiger partial charge in [-0.1, -0.05) is 23.2 Å². The lowest BCUT2D eigenvalue weighted by molar-refractivity contribution is 0.0692. The van der Waals surface area contributed by atoms with Crippen molar-refractivity contribution in [2.45, 2.75) is 0 Å². The fourth-order valence-corrected chi connectivity index (χ4v) is 1.82. The van der Waals surface area contributed by atoms with E-state index in [1.54, 1.807) is 6.07 Å². The minimum atomic E-state index is -1.42. The van der Waals surface area contributed by atoms with Gasteiger partial charge in [-0.25, -0.2) is 9.18 Å². The molecule has 0 saturated carbocycles. The zero-order valence-electron chi connectivity index (χ0n) is 9.86. The second-order valence-electron chi connectivity index (χ2n) is 3.85. The second kappa shape index (κ2) is 5.56. The summed E-state index contributed by atoms with van der Waals surface area (Å²) in [5.74, 6) is -2.23. The Kier molecular flexibility index (Phi) is 4.01. The number of nitrogens with two attached hydrogens (primary N) is 1. The smallest absolute Gasteiger partial charge is 0.338 e. The molecule has 0 aliphatic rings. The van der Waals surface area contributed by atoms with Crippen LogP contribution in [0.15, 0.2) is 30.3 Å². The van der Waals surface area contributed by atoms with E-state index in [9.17, 15) is 9.18 Å². The average molecular weight is 316 g/mol. The molecule has 0 spiro atoms. The zero-order chi connectivity index (χ0) is 14.9. The third-order valence-corrected chi connectivity index (χ3v) is 2.99. The minimum Gasteiger partial charge on any atom is -0.478 e. The first-order valence-electron chi connectivity index (χ1n) is 5.33. The summed E-state index contributed by atoms with van der Waals surface area (Å²) in [6.45, 7) is 0. The van der Waals surface area contributed by atoms with Crippen LogP contribution in [0.3, 0.4) is 0 Å². The molecule has 0 amide bonds. The molecule has 4 nitrogen and oxygen atoms in total. The number of carboxylic acids is 1. The van der Waals surface area contributed by atoms with Crippen molar-refractivity contribution >= 4 is 34.9 Å². The summed E-state index contributed by atoms with van der Waals surface area (Å²) in [5, 5.41) is 9.42. The second-order valence-corrected chi connectivity index (χ2v) is 4.70. The van der Waals surface area contributed by atoms with Gasteiger partial charge in [0.05, 0.1) is 16.3 Å². The van der Waals surface area contributed by atoms with E-state index < -0.39 is 17.3 Å². The Balaban J connectivity index is 2.42. The summed E-state index contributed by atoms with van der Waals surface area (Å²) >= 11 is 11.7. The Hall–Kier alpha value is -1.98. The molecule has 7 heteroatoms. The van der Waals surface area contributed by atoms with Crippen molar-refractivity contribution in [1.82, 2.24) is 0 Å². The molecule has 0 heterocycles. The highest BCUT2D eigenvalue weighted by Gasteiger charge is 2.15. The fraction of sp³-hybridized carbons (Fsp3) is 0. The fourth-order valence-electron chi connectivity index (χ4n) is 1.50. The van der Waals surface area contributed by atoms with Crippen molar-refractivity contribution < 1.29 is 19.0 Å². The molecular weight excluding hydrogens is 308 g/mol. The quantitative estimate of drug-likeness (QED) is 0.832. The lowest BCUT2D eigenvalue weighted by Crippen LogP contribution is -2.03. The van der Waals surface area contributed by atoms with Crippen LogP contribution in [-0.4, -0.2) is 11.1 Å². The Morgan fingerprint density at radius 3 is 2.55 bits per heavy atom. The summed E-state index contributed by atoms with van der Waals surface area (Å²) in [6.07, 6.45) is 0. The summed E-state index contributed by atoms with van der Waals surface area (Å²) in [6, 6.07) is 6.37. The topological polar surface area (TPSA) is 72.6 Å². The van der Waals surface area contributed by atoms with Crippen molar-refractivity contribution in [2.24, 2.45) is 0 Å². The van der Waals surface area contributed by atoms with Gasteiger partial charge in [-0.05, 0) is 18.2 Å². The van der Waals surface area contributed by atoms with Crippen LogP contribution in [0.5, 0.6) is 11.5 Å². The van der Waals surface area contributed by atoms with E-state index in [1.807, 2.05) is 0 Å². The van der Waals surface area contributed by atoms with Crippen LogP contribution in [0.25, 0.3) is 0 Å². The molecule has 3 N–H and O–H groups in total. The maximum Gasteiger partial charge on any atom is 0.338 e. The van der Waals surface area contributed by atoms with Gasteiger partial charge < -0.3 is 15.6 Å². The van der Waals surface area contributed by atoms with Gasteiger partial charge in [0, 0.05) is 17.2 Å². The number of rotatable bonds is 3. The predicted octanol–water partition coefficient (Wildman–Crippen LogP) is 4.21. The van der Waals surface area contributed by atoms with E-state index in [2.05, 4.69) is 0 Å². The molecule has 0 aliphatic carbocycles. The standard InChI is InChI=1S/C13H8Cl2FNO3/c14-6-1-2-8(15)11(3-6)20-12-5-9(16)7(13(18)19)4-10(12)17/h1-5H,17H2,(H,18,19). The first-order chi connectivity index (χ1) is 9.38. The number of benzene rings is 2. The minimum absolute atomic E-state index is 0.0279. The van der Waals surface area contributed by atoms with Gasteiger partial charge in [0.1, 0.15) is 11.6 Å². The Bertz CT molecular complexity index is 692. The van der Waals surface area contributed by atoms with Crippen LogP contribution < -0.4 is 10.5 Å². The molecule has 0 unspecified atom stereocenters. The van der Waals surface area contributed by atoms with Crippen molar-refractivity contribution in [3.8, 4) is 11.5 Å². The number of anilines is 1. The molecule has 0 aromatic heterocycles. The molecule has 20 heavy (non-hydrogen) atoms. The SMILES string of the molecule is Nc1cc(C(=O)O)c(F)cc1Oc1cc(Cl)ccc1Cl. The lowest BCUT2D eigenvalue weighted by Gasteiger charge is -2.11. The highest BCUT2D eigenvalue weighted by Crippen LogP contribution is 2.35. The number of nitrogen functional groups attached to an aromatic ring is 1. The van der Waals surface area contributed by atoms with Crippen molar-refractivity contribution in [1.29, 1.82) is 0 Å². The molecule has 0 radical (unpaired) electrons. The molecule has 0 saturated heterocycles. The van der Waals surface area contributed by atoms with E-state index in [1.165, 1.54) is 12.1 Å². The average Bonchev–Trinajstić information content (AvgIpc) is 2.37. The molecule has 2 aromatic carbocycles. The number of aromatic carboxylic acids is 1. The molecule has 104 valence electrons. The maximum absolute atomic E-state index is 13.6. The van der Waals surface area contributed by atoms with Crippen molar-refractivity contribution in [2.75, 3.05) is 5.73 Å². The molecule has 2 aromatic rings. The lowest BCUT2D eigenvalue weighted by atomic mass is 10.1. The van der Waals surface area contributed by atoms with E-state index in [0.717, 1.165) is 12.1 Å². The molecule has 2 rings (SSSR count). The molecule has 0 bridgehead atoms. The van der Waals surface area contributed by atoms with Gasteiger partial charge in [-0.3, -0.25) is 0 Å². The van der Waals surface area contributed by atoms with Crippen LogP contribution in [0, 0.1) is 5.82 Å². The van der Waals surface area contributed by atoms with Crippen LogP contribution in [0.2, 0.25) is 10.0 Å². The van der Waals surface area contributed by atoms with Crippen molar-refractivity contribution in [3.63, 3.8) is 0 Å². The van der Waals surface area contributed by atoms with Gasteiger partial charge in [-0.15, -0.1) is 0 Å². The summed E-state index contributed by atoms with van der Waals surface area (Å²) in [5.41, 5.74) is 5.07. The van der Waals surface area contributed by atoms with Crippen LogP contribution in [-0.2, 0) is 0 Å². The van der Waals surface area contributed by atoms with Crippen LogP contribution in [0.4, 0.5) is 10.1 Å². The summed E-state index contributed by atoms with van der Waals surface area (Å²) in [4.78, 5) is 10.8. The zero-order valence-corrected chi connectivity index (χ0v) is 11.4. The number of halogens is 3. The molecule has 0 atom stereocenters. The largest absolute Gasteiger partial charge is 0.478 e. The number of carboxylic acid groups (broad SMARTS) is 1. The van der Waals surface area contributed by atoms with Gasteiger partial charge in [0.2, 0.25) is 0 Å². The van der Waals surface area contributed by atoms with E-state index in [0.29, 0.717) is 5.02 Å². The Labute approximate surface area is 123 Å². The van der Waals surface area contributed by atoms with E-state index in [4.69, 9.17) is 38.8 Å². The molecular formula is C13H8Cl2FNO3. The van der Waals surface area contributed by atoms with Gasteiger partial charge in [0.15, 0.2) is 5.75 Å². The van der Waals surface area contributed by atoms with Crippen molar-refractivity contribution in [3.05, 3.63) is 51.8 Å². The number of ether oxygens (including phenoxy) is 1. The van der Waals surface area contributed by atoms with Crippen LogP contribution in [0.1, 0.15) is 10.4 Å². The highest BCUT2D eigenvalue weighted by atomic mass is 35.5. The van der Waals surface area contributed by atoms with E-state index in [-0.39, 0.29) is 22.2 Å². The summed E-state index contributed by atoms with van der Waals surface area (Å²) in [7, 11) is 0. The number of carbonyl (C=O) groups is 1. The number of hydrogen-bond acceptors (Lipinski definition) is 3. The molecule has 0 aliphatic heterocycles. The number of hydrogen-bond donors (Lipinski definition) is 2. The molecule has 0 fully saturated rings. The first-order valence-corrected chi connectivity index (χ1v) is 6.09. The monoisotopic (exact) mass is 315 g/mol. The van der Waals surface area contributed by atoms with Crippen LogP contribution >= 0.6 is 23.2 Å². The van der Waals surface area contributed by atoms with Gasteiger partial charge in [-0.2, -0.15) is 0 Å². The van der Waals surface area contributed by atoms with Gasteiger partial charge in [0.25, 0.3) is 0 Å². The Morgan fingerprint density at radius 2 is 1.90 bits per heavy atom. The van der Waals surface area contributed by atoms with Gasteiger partial charge >= 0.3 is 5.97 Å². The predicted molar refractivity (Wildman–Crippen MR) is 74.3 cm³/mol. The third-order valence-electron chi connectivity index (χ3n) is 2.44. The third kappa shape index (κ3) is 2.95. The summed E-state index contributed by atoms with van der Waals surface area (Å²) < 4.78 is 18.9. The van der Waals surface area contributed by atoms with E-state index >= 15 is 0 Å². The Morgan fingerprint density at radius 1 is 1.20 bits per heavy atom. The highest BCUT2D eigenvalue weighted by molar-refractivity contribution is 6.34. The first kappa shape index (κ1) is 14.4. The normalized spacial score (nSPS) is 10.3. The maximum atomic E-state index is 13.6.